The Kier molecular flexibility index (Phi) is 9.57. The molecule has 1 fully saturated rings. The Labute approximate surface area is 238 Å². The van der Waals surface area contributed by atoms with Gasteiger partial charge in [0.05, 0.1) is 28.6 Å². The van der Waals surface area contributed by atoms with Crippen LogP contribution >= 0.6 is 11.6 Å². The number of aromatic hydroxyl groups is 1. The molecule has 3 aromatic rings. The van der Waals surface area contributed by atoms with Crippen molar-refractivity contribution in [1.82, 2.24) is 20.5 Å². The van der Waals surface area contributed by atoms with Gasteiger partial charge < -0.3 is 30.4 Å². The molecule has 1 aromatic heterocycles. The van der Waals surface area contributed by atoms with Gasteiger partial charge in [-0.15, -0.1) is 0 Å². The molecule has 11 heteroatoms. The molecule has 3 N–H and O–H groups in total. The lowest BCUT2D eigenvalue weighted by Crippen LogP contribution is -2.44. The van der Waals surface area contributed by atoms with Gasteiger partial charge in [0, 0.05) is 69.1 Å². The number of hydrogen-bond donors (Lipinski definition) is 3. The first-order chi connectivity index (χ1) is 19.2. The van der Waals surface area contributed by atoms with Gasteiger partial charge in [0.25, 0.3) is 0 Å². The number of phenolic OH excluding ortho intramolecular Hbond substituents is 1. The minimum atomic E-state index is -0.533. The fourth-order valence-electron chi connectivity index (χ4n) is 4.64. The maximum atomic E-state index is 15.0. The molecule has 2 heterocycles. The zero-order chi connectivity index (χ0) is 28.8. The number of halogens is 2. The molecule has 1 aliphatic rings. The van der Waals surface area contributed by atoms with Gasteiger partial charge in [-0.1, -0.05) is 17.7 Å². The number of anilines is 2. The Hall–Kier alpha value is -3.73. The van der Waals surface area contributed by atoms with Crippen molar-refractivity contribution >= 4 is 35.3 Å². The van der Waals surface area contributed by atoms with E-state index in [1.807, 2.05) is 25.1 Å². The highest BCUT2D eigenvalue weighted by Gasteiger charge is 2.20. The first kappa shape index (κ1) is 29.3. The topological polar surface area (TPSA) is 101 Å². The maximum Gasteiger partial charge on any atom is 0.217 e. The van der Waals surface area contributed by atoms with Crippen LogP contribution in [0.2, 0.25) is 5.02 Å². The van der Waals surface area contributed by atoms with Crippen LogP contribution in [0.25, 0.3) is 22.3 Å². The van der Waals surface area contributed by atoms with Gasteiger partial charge in [0.15, 0.2) is 0 Å². The molecule has 2 aromatic carbocycles. The number of carbonyl (C=O) groups excluding carboxylic acids is 2. The number of amides is 2. The summed E-state index contributed by atoms with van der Waals surface area (Å²) >= 11 is 6.55. The van der Waals surface area contributed by atoms with Gasteiger partial charge in [-0.25, -0.2) is 4.39 Å². The van der Waals surface area contributed by atoms with Gasteiger partial charge in [-0.05, 0) is 50.0 Å². The van der Waals surface area contributed by atoms with Crippen LogP contribution in [-0.2, 0) is 16.1 Å². The van der Waals surface area contributed by atoms with Crippen molar-refractivity contribution in [2.45, 2.75) is 13.5 Å². The van der Waals surface area contributed by atoms with Crippen LogP contribution in [0.1, 0.15) is 12.6 Å². The summed E-state index contributed by atoms with van der Waals surface area (Å²) in [4.78, 5) is 33.4. The number of aromatic nitrogens is 1. The average Bonchev–Trinajstić information content (AvgIpc) is 2.94. The van der Waals surface area contributed by atoms with Crippen LogP contribution in [0.3, 0.4) is 0 Å². The van der Waals surface area contributed by atoms with Gasteiger partial charge in [-0.3, -0.25) is 14.6 Å². The van der Waals surface area contributed by atoms with E-state index in [2.05, 4.69) is 20.5 Å². The number of phenols is 1. The number of carbonyl (C=O) groups is 2. The van der Waals surface area contributed by atoms with E-state index in [0.717, 1.165) is 38.3 Å². The highest BCUT2D eigenvalue weighted by molar-refractivity contribution is 6.34. The fraction of sp³-hybridized carbons (Fsp3) is 0.345. The Morgan fingerprint density at radius 2 is 1.85 bits per heavy atom. The molecule has 0 spiro atoms. The molecule has 0 aliphatic carbocycles. The van der Waals surface area contributed by atoms with Crippen LogP contribution in [-0.4, -0.2) is 80.7 Å². The van der Waals surface area contributed by atoms with E-state index < -0.39 is 5.82 Å². The maximum absolute atomic E-state index is 15.0. The number of pyridine rings is 1. The van der Waals surface area contributed by atoms with Crippen LogP contribution in [0, 0.1) is 5.82 Å². The summed E-state index contributed by atoms with van der Waals surface area (Å²) in [5.41, 5.74) is 3.62. The Morgan fingerprint density at radius 1 is 1.15 bits per heavy atom. The van der Waals surface area contributed by atoms with E-state index in [0.29, 0.717) is 40.6 Å². The van der Waals surface area contributed by atoms with Crippen molar-refractivity contribution in [3.05, 3.63) is 59.1 Å². The van der Waals surface area contributed by atoms with Crippen molar-refractivity contribution in [1.29, 1.82) is 0 Å². The SMILES string of the molecule is CC(=O)NCc1ncc(-c2cc(F)cc(-c3ccc(N(C=O)CCN(C)C)c(Cl)c3)c2O)cc1N1CCNCC1. The third-order valence-corrected chi connectivity index (χ3v) is 7.08. The molecule has 0 saturated carbocycles. The van der Waals surface area contributed by atoms with E-state index >= 15 is 0 Å². The Morgan fingerprint density at radius 3 is 2.48 bits per heavy atom. The highest BCUT2D eigenvalue weighted by atomic mass is 35.5. The molecule has 0 bridgehead atoms. The van der Waals surface area contributed by atoms with Crippen molar-refractivity contribution in [2.75, 3.05) is 63.2 Å². The minimum absolute atomic E-state index is 0.118. The number of nitrogens with zero attached hydrogens (tertiary/aromatic N) is 4. The zero-order valence-electron chi connectivity index (χ0n) is 22.9. The van der Waals surface area contributed by atoms with Gasteiger partial charge in [-0.2, -0.15) is 0 Å². The van der Waals surface area contributed by atoms with Gasteiger partial charge >= 0.3 is 0 Å². The van der Waals surface area contributed by atoms with Gasteiger partial charge in [0.1, 0.15) is 11.6 Å². The molecule has 40 heavy (non-hydrogen) atoms. The van der Waals surface area contributed by atoms with E-state index in [1.54, 1.807) is 24.4 Å². The van der Waals surface area contributed by atoms with Crippen molar-refractivity contribution < 1.29 is 19.1 Å². The summed E-state index contributed by atoms with van der Waals surface area (Å²) in [5, 5.41) is 17.8. The van der Waals surface area contributed by atoms with Crippen LogP contribution in [0.5, 0.6) is 5.75 Å². The Bertz CT molecular complexity index is 1380. The third-order valence-electron chi connectivity index (χ3n) is 6.78. The quantitative estimate of drug-likeness (QED) is 0.322. The second-order valence-corrected chi connectivity index (χ2v) is 10.4. The predicted octanol–water partition coefficient (Wildman–Crippen LogP) is 3.48. The molecule has 2 amide bonds. The first-order valence-corrected chi connectivity index (χ1v) is 13.4. The normalized spacial score (nSPS) is 13.4. The molecular formula is C29H34ClFN6O3. The summed E-state index contributed by atoms with van der Waals surface area (Å²) in [6.45, 7) is 5.89. The molecular weight excluding hydrogens is 535 g/mol. The molecule has 1 saturated heterocycles. The molecule has 4 rings (SSSR count). The predicted molar refractivity (Wildman–Crippen MR) is 156 cm³/mol. The highest BCUT2D eigenvalue weighted by Crippen LogP contribution is 2.41. The number of benzene rings is 2. The number of hydrogen-bond acceptors (Lipinski definition) is 7. The largest absolute Gasteiger partial charge is 0.507 e. The van der Waals surface area contributed by atoms with E-state index in [-0.39, 0.29) is 29.3 Å². The lowest BCUT2D eigenvalue weighted by Gasteiger charge is -2.31. The summed E-state index contributed by atoms with van der Waals surface area (Å²) < 4.78 is 15.0. The van der Waals surface area contributed by atoms with Crippen LogP contribution < -0.4 is 20.4 Å². The third kappa shape index (κ3) is 6.88. The zero-order valence-corrected chi connectivity index (χ0v) is 23.6. The fourth-order valence-corrected chi connectivity index (χ4v) is 4.93. The second-order valence-electron chi connectivity index (χ2n) is 9.95. The number of likely N-dealkylation sites (N-methyl/N-ethyl adjacent to an activating group) is 1. The molecule has 0 unspecified atom stereocenters. The van der Waals surface area contributed by atoms with Gasteiger partial charge in [0.2, 0.25) is 12.3 Å². The number of rotatable bonds is 10. The summed E-state index contributed by atoms with van der Waals surface area (Å²) in [6, 6.07) is 9.40. The summed E-state index contributed by atoms with van der Waals surface area (Å²) in [6.07, 6.45) is 2.30. The lowest BCUT2D eigenvalue weighted by molar-refractivity contribution is -0.119. The van der Waals surface area contributed by atoms with Crippen molar-refractivity contribution in [3.63, 3.8) is 0 Å². The number of piperazine rings is 1. The molecule has 1 aliphatic heterocycles. The average molecular weight is 569 g/mol. The van der Waals surface area contributed by atoms with Crippen LogP contribution in [0.4, 0.5) is 15.8 Å². The standard InChI is InChI=1S/C29H34ClFN6O3/c1-19(39)33-17-26-28(36-8-6-32-7-9-36)13-21(16-34-26)24-15-22(31)14-23(29(24)40)20-4-5-27(25(30)12-20)37(18-38)11-10-35(2)3/h4-5,12-16,18,32,40H,6-11,17H2,1-3H3,(H,33,39). The first-order valence-electron chi connectivity index (χ1n) is 13.1. The van der Waals surface area contributed by atoms with Crippen molar-refractivity contribution in [3.8, 4) is 28.0 Å². The number of nitrogens with one attached hydrogen (secondary N) is 2. The van der Waals surface area contributed by atoms with E-state index in [4.69, 9.17) is 11.6 Å². The summed E-state index contributed by atoms with van der Waals surface area (Å²) in [7, 11) is 3.83. The molecule has 0 radical (unpaired) electrons. The summed E-state index contributed by atoms with van der Waals surface area (Å²) in [5.74, 6) is -0.814. The second kappa shape index (κ2) is 13.1. The Balaban J connectivity index is 1.72. The monoisotopic (exact) mass is 568 g/mol. The molecule has 212 valence electrons. The van der Waals surface area contributed by atoms with E-state index in [1.165, 1.54) is 24.0 Å². The molecule has 9 nitrogen and oxygen atoms in total. The van der Waals surface area contributed by atoms with Crippen LogP contribution in [0.15, 0.2) is 42.6 Å². The smallest absolute Gasteiger partial charge is 0.217 e. The minimum Gasteiger partial charge on any atom is -0.507 e. The lowest BCUT2D eigenvalue weighted by atomic mass is 9.97. The molecule has 0 atom stereocenters. The van der Waals surface area contributed by atoms with Crippen molar-refractivity contribution in [2.24, 2.45) is 0 Å². The van der Waals surface area contributed by atoms with E-state index in [9.17, 15) is 19.1 Å².